The van der Waals surface area contributed by atoms with Gasteiger partial charge in [-0.1, -0.05) is 6.07 Å². The molecule has 0 aliphatic carbocycles. The van der Waals surface area contributed by atoms with Crippen molar-refractivity contribution in [1.29, 1.82) is 0 Å². The van der Waals surface area contributed by atoms with Crippen LogP contribution in [0.15, 0.2) is 43.2 Å². The second kappa shape index (κ2) is 5.66. The third-order valence-corrected chi connectivity index (χ3v) is 3.16. The average Bonchev–Trinajstić information content (AvgIpc) is 3.12. The van der Waals surface area contributed by atoms with Crippen LogP contribution in [0.1, 0.15) is 16.8 Å². The van der Waals surface area contributed by atoms with E-state index < -0.39 is 0 Å². The molecule has 6 heteroatoms. The van der Waals surface area contributed by atoms with Crippen molar-refractivity contribution < 1.29 is 0 Å². The number of imidazole rings is 1. The number of nitrogens with zero attached hydrogens (tertiary/aromatic N) is 4. The molecule has 3 rings (SSSR count). The van der Waals surface area contributed by atoms with Crippen molar-refractivity contribution in [2.24, 2.45) is 0 Å². The first-order valence-electron chi connectivity index (χ1n) is 6.46. The summed E-state index contributed by atoms with van der Waals surface area (Å²) in [5.41, 5.74) is 3.44. The van der Waals surface area contributed by atoms with Crippen molar-refractivity contribution in [2.45, 2.75) is 20.0 Å². The Hall–Kier alpha value is -2.47. The first-order valence-corrected chi connectivity index (χ1v) is 6.46. The maximum Gasteiger partial charge on any atom is 0.137 e. The number of hydrogen-bond donors (Lipinski definition) is 2. The Bertz CT molecular complexity index is 653. The largest absolute Gasteiger partial charge is 0.308 e. The standard InChI is InChI=1S/C14H16N6/c1-11-13(9-18-19-11)8-16-6-12-2-3-14(17-7-12)20-5-4-15-10-20/h2-5,7,9-10,16H,6,8H2,1H3,(H,18,19). The Kier molecular flexibility index (Phi) is 3.56. The average molecular weight is 268 g/mol. The predicted molar refractivity (Wildman–Crippen MR) is 75.2 cm³/mol. The van der Waals surface area contributed by atoms with E-state index in [4.69, 9.17) is 0 Å². The molecule has 0 saturated carbocycles. The molecule has 2 N–H and O–H groups in total. The van der Waals surface area contributed by atoms with E-state index in [1.54, 1.807) is 12.5 Å². The van der Waals surface area contributed by atoms with Crippen molar-refractivity contribution >= 4 is 0 Å². The lowest BCUT2D eigenvalue weighted by molar-refractivity contribution is 0.688. The maximum absolute atomic E-state index is 4.42. The number of rotatable bonds is 5. The third kappa shape index (κ3) is 2.75. The van der Waals surface area contributed by atoms with Crippen molar-refractivity contribution in [2.75, 3.05) is 0 Å². The molecular weight excluding hydrogens is 252 g/mol. The van der Waals surface area contributed by atoms with E-state index in [1.807, 2.05) is 36.1 Å². The summed E-state index contributed by atoms with van der Waals surface area (Å²) in [6.07, 6.45) is 9.08. The minimum atomic E-state index is 0.780. The highest BCUT2D eigenvalue weighted by Gasteiger charge is 2.01. The molecule has 0 spiro atoms. The van der Waals surface area contributed by atoms with Gasteiger partial charge in [-0.05, 0) is 18.6 Å². The van der Waals surface area contributed by atoms with Gasteiger partial charge in [-0.2, -0.15) is 5.10 Å². The minimum Gasteiger partial charge on any atom is -0.308 e. The van der Waals surface area contributed by atoms with E-state index in [0.29, 0.717) is 0 Å². The quantitative estimate of drug-likeness (QED) is 0.737. The van der Waals surface area contributed by atoms with Gasteiger partial charge in [0.1, 0.15) is 12.1 Å². The Morgan fingerprint density at radius 2 is 2.20 bits per heavy atom. The van der Waals surface area contributed by atoms with Crippen LogP contribution >= 0.6 is 0 Å². The number of pyridine rings is 1. The molecule has 0 fully saturated rings. The SMILES string of the molecule is Cc1[nH]ncc1CNCc1ccc(-n2ccnc2)nc1. The summed E-state index contributed by atoms with van der Waals surface area (Å²) in [5, 5.41) is 10.3. The van der Waals surface area contributed by atoms with Crippen LogP contribution in [0.4, 0.5) is 0 Å². The Labute approximate surface area is 116 Å². The van der Waals surface area contributed by atoms with E-state index in [2.05, 4.69) is 31.5 Å². The van der Waals surface area contributed by atoms with E-state index in [9.17, 15) is 0 Å². The smallest absolute Gasteiger partial charge is 0.137 e. The summed E-state index contributed by atoms with van der Waals surface area (Å²) in [6.45, 7) is 3.60. The number of H-pyrrole nitrogens is 1. The second-order valence-corrected chi connectivity index (χ2v) is 4.62. The molecule has 6 nitrogen and oxygen atoms in total. The predicted octanol–water partition coefficient (Wildman–Crippen LogP) is 1.59. The van der Waals surface area contributed by atoms with E-state index >= 15 is 0 Å². The highest BCUT2D eigenvalue weighted by Crippen LogP contribution is 2.06. The summed E-state index contributed by atoms with van der Waals surface area (Å²) in [6, 6.07) is 4.05. The summed E-state index contributed by atoms with van der Waals surface area (Å²) in [4.78, 5) is 8.43. The van der Waals surface area contributed by atoms with Crippen molar-refractivity contribution in [1.82, 2.24) is 30.0 Å². The van der Waals surface area contributed by atoms with Crippen LogP contribution in [0.5, 0.6) is 0 Å². The fraction of sp³-hybridized carbons (Fsp3) is 0.214. The van der Waals surface area contributed by atoms with Crippen molar-refractivity contribution in [3.8, 4) is 5.82 Å². The number of nitrogens with one attached hydrogen (secondary N) is 2. The van der Waals surface area contributed by atoms with Crippen LogP contribution in [-0.2, 0) is 13.1 Å². The molecule has 0 aromatic carbocycles. The van der Waals surface area contributed by atoms with Crippen LogP contribution < -0.4 is 5.32 Å². The van der Waals surface area contributed by atoms with Crippen molar-refractivity contribution in [3.05, 3.63) is 60.1 Å². The second-order valence-electron chi connectivity index (χ2n) is 4.62. The first-order chi connectivity index (χ1) is 9.83. The lowest BCUT2D eigenvalue weighted by Gasteiger charge is -2.05. The molecule has 0 aliphatic heterocycles. The maximum atomic E-state index is 4.42. The molecule has 20 heavy (non-hydrogen) atoms. The summed E-state index contributed by atoms with van der Waals surface area (Å²) < 4.78 is 1.88. The molecular formula is C14H16N6. The fourth-order valence-corrected chi connectivity index (χ4v) is 1.96. The Morgan fingerprint density at radius 3 is 2.85 bits per heavy atom. The lowest BCUT2D eigenvalue weighted by atomic mass is 10.2. The molecule has 0 saturated heterocycles. The molecule has 0 radical (unpaired) electrons. The molecule has 3 heterocycles. The topological polar surface area (TPSA) is 71.4 Å². The van der Waals surface area contributed by atoms with Gasteiger partial charge in [0.2, 0.25) is 0 Å². The number of aromatic nitrogens is 5. The zero-order chi connectivity index (χ0) is 13.8. The summed E-state index contributed by atoms with van der Waals surface area (Å²) in [7, 11) is 0. The third-order valence-electron chi connectivity index (χ3n) is 3.16. The fourth-order valence-electron chi connectivity index (χ4n) is 1.96. The van der Waals surface area contributed by atoms with Gasteiger partial charge in [0.05, 0.1) is 6.20 Å². The molecule has 0 atom stereocenters. The van der Waals surface area contributed by atoms with Gasteiger partial charge >= 0.3 is 0 Å². The zero-order valence-corrected chi connectivity index (χ0v) is 11.2. The Balaban J connectivity index is 1.57. The minimum absolute atomic E-state index is 0.780. The molecule has 0 amide bonds. The van der Waals surface area contributed by atoms with Crippen LogP contribution in [-0.4, -0.2) is 24.7 Å². The highest BCUT2D eigenvalue weighted by atomic mass is 15.1. The monoisotopic (exact) mass is 268 g/mol. The van der Waals surface area contributed by atoms with Gasteiger partial charge in [0.25, 0.3) is 0 Å². The molecule has 3 aromatic rings. The van der Waals surface area contributed by atoms with Gasteiger partial charge in [-0.3, -0.25) is 9.67 Å². The number of aromatic amines is 1. The van der Waals surface area contributed by atoms with E-state index in [1.165, 1.54) is 5.56 Å². The van der Waals surface area contributed by atoms with Crippen LogP contribution in [0, 0.1) is 6.92 Å². The van der Waals surface area contributed by atoms with Crippen molar-refractivity contribution in [3.63, 3.8) is 0 Å². The molecule has 0 aliphatic rings. The molecule has 0 bridgehead atoms. The van der Waals surface area contributed by atoms with Gasteiger partial charge in [-0.15, -0.1) is 0 Å². The van der Waals surface area contributed by atoms with E-state index in [-0.39, 0.29) is 0 Å². The number of hydrogen-bond acceptors (Lipinski definition) is 4. The van der Waals surface area contributed by atoms with Gasteiger partial charge in [-0.25, -0.2) is 9.97 Å². The Morgan fingerprint density at radius 1 is 1.25 bits per heavy atom. The highest BCUT2D eigenvalue weighted by molar-refractivity contribution is 5.25. The molecule has 3 aromatic heterocycles. The van der Waals surface area contributed by atoms with E-state index in [0.717, 1.165) is 30.2 Å². The number of aryl methyl sites for hydroxylation is 1. The van der Waals surface area contributed by atoms with Gasteiger partial charge in [0.15, 0.2) is 0 Å². The zero-order valence-electron chi connectivity index (χ0n) is 11.2. The van der Waals surface area contributed by atoms with Crippen LogP contribution in [0.2, 0.25) is 0 Å². The van der Waals surface area contributed by atoms with Gasteiger partial charge < -0.3 is 5.32 Å². The summed E-state index contributed by atoms with van der Waals surface area (Å²) in [5.74, 6) is 0.872. The van der Waals surface area contributed by atoms with Gasteiger partial charge in [0, 0.05) is 42.9 Å². The normalized spacial score (nSPS) is 10.8. The first kappa shape index (κ1) is 12.6. The lowest BCUT2D eigenvalue weighted by Crippen LogP contribution is -2.13. The van der Waals surface area contributed by atoms with Crippen LogP contribution in [0.3, 0.4) is 0 Å². The molecule has 102 valence electrons. The summed E-state index contributed by atoms with van der Waals surface area (Å²) >= 11 is 0. The molecule has 0 unspecified atom stereocenters. The van der Waals surface area contributed by atoms with Crippen LogP contribution in [0.25, 0.3) is 5.82 Å².